The van der Waals surface area contributed by atoms with Crippen molar-refractivity contribution in [3.63, 3.8) is 0 Å². The summed E-state index contributed by atoms with van der Waals surface area (Å²) in [6.45, 7) is 3.97. The lowest BCUT2D eigenvalue weighted by Crippen LogP contribution is -2.20. The average molecular weight is 188 g/mol. The first-order chi connectivity index (χ1) is 6.65. The molecule has 0 radical (unpaired) electrons. The number of benzene rings is 1. The summed E-state index contributed by atoms with van der Waals surface area (Å²) in [6, 6.07) is 8.34. The van der Waals surface area contributed by atoms with E-state index in [9.17, 15) is 4.79 Å². The van der Waals surface area contributed by atoms with Crippen LogP contribution in [0.4, 0.5) is 0 Å². The van der Waals surface area contributed by atoms with E-state index in [-0.39, 0.29) is 5.41 Å². The lowest BCUT2D eigenvalue weighted by Gasteiger charge is -2.21. The highest BCUT2D eigenvalue weighted by molar-refractivity contribution is 5.68. The van der Waals surface area contributed by atoms with Crippen LogP contribution in [0.25, 0.3) is 0 Å². The van der Waals surface area contributed by atoms with Crippen LogP contribution in [0.3, 0.4) is 0 Å². The Bertz CT molecular complexity index is 348. The van der Waals surface area contributed by atoms with Crippen molar-refractivity contribution < 1.29 is 4.79 Å². The topological polar surface area (TPSA) is 17.1 Å². The molecule has 0 unspecified atom stereocenters. The maximum absolute atomic E-state index is 11.0. The smallest absolute Gasteiger partial charge is 0.129 e. The van der Waals surface area contributed by atoms with Crippen molar-refractivity contribution in [2.24, 2.45) is 0 Å². The monoisotopic (exact) mass is 188 g/mol. The molecule has 0 amide bonds. The first-order valence-electron chi connectivity index (χ1n) is 5.21. The van der Waals surface area contributed by atoms with Crippen LogP contribution in [0.5, 0.6) is 0 Å². The van der Waals surface area contributed by atoms with Crippen molar-refractivity contribution in [1.29, 1.82) is 0 Å². The van der Waals surface area contributed by atoms with Gasteiger partial charge in [-0.25, -0.2) is 0 Å². The van der Waals surface area contributed by atoms with Crippen LogP contribution in [0, 0.1) is 0 Å². The molecule has 14 heavy (non-hydrogen) atoms. The van der Waals surface area contributed by atoms with Crippen molar-refractivity contribution in [2.75, 3.05) is 0 Å². The largest absolute Gasteiger partial charge is 0.302 e. The maximum atomic E-state index is 11.0. The van der Waals surface area contributed by atoms with Gasteiger partial charge < -0.3 is 4.79 Å². The van der Waals surface area contributed by atoms with Gasteiger partial charge in [-0.3, -0.25) is 0 Å². The molecule has 74 valence electrons. The standard InChI is InChI=1S/C13H16O/c1-13(2,9-14)12-6-4-3-5-11(12)10-7-8-10/h3-6,9-10H,7-8H2,1-2H3. The number of hydrogen-bond donors (Lipinski definition) is 0. The molecule has 0 aromatic heterocycles. The van der Waals surface area contributed by atoms with Gasteiger partial charge in [0.25, 0.3) is 0 Å². The minimum atomic E-state index is -0.334. The Labute approximate surface area is 85.1 Å². The van der Waals surface area contributed by atoms with Crippen LogP contribution in [0.2, 0.25) is 0 Å². The van der Waals surface area contributed by atoms with Crippen LogP contribution in [-0.4, -0.2) is 6.29 Å². The summed E-state index contributed by atoms with van der Waals surface area (Å²) in [5.74, 6) is 0.713. The summed E-state index contributed by atoms with van der Waals surface area (Å²) >= 11 is 0. The van der Waals surface area contributed by atoms with Crippen LogP contribution in [0.1, 0.15) is 43.7 Å². The van der Waals surface area contributed by atoms with E-state index in [1.54, 1.807) is 0 Å². The van der Waals surface area contributed by atoms with E-state index in [0.717, 1.165) is 6.29 Å². The van der Waals surface area contributed by atoms with Gasteiger partial charge in [0.15, 0.2) is 0 Å². The molecule has 1 saturated carbocycles. The Hall–Kier alpha value is -1.11. The van der Waals surface area contributed by atoms with Crippen LogP contribution in [0.15, 0.2) is 24.3 Å². The summed E-state index contributed by atoms with van der Waals surface area (Å²) in [5.41, 5.74) is 2.25. The summed E-state index contributed by atoms with van der Waals surface area (Å²) in [7, 11) is 0. The second-order valence-corrected chi connectivity index (χ2v) is 4.70. The van der Waals surface area contributed by atoms with Crippen LogP contribution < -0.4 is 0 Å². The van der Waals surface area contributed by atoms with Crippen molar-refractivity contribution in [1.82, 2.24) is 0 Å². The highest BCUT2D eigenvalue weighted by Crippen LogP contribution is 2.43. The number of hydrogen-bond acceptors (Lipinski definition) is 1. The van der Waals surface area contributed by atoms with Gasteiger partial charge in [0.05, 0.1) is 0 Å². The molecule has 0 bridgehead atoms. The summed E-state index contributed by atoms with van der Waals surface area (Å²) in [4.78, 5) is 11.0. The molecule has 2 rings (SSSR count). The Morgan fingerprint density at radius 1 is 1.29 bits per heavy atom. The normalized spacial score (nSPS) is 16.7. The molecular weight excluding hydrogens is 172 g/mol. The van der Waals surface area contributed by atoms with E-state index in [4.69, 9.17) is 0 Å². The third-order valence-corrected chi connectivity index (χ3v) is 2.97. The van der Waals surface area contributed by atoms with Gasteiger partial charge in [-0.05, 0) is 43.7 Å². The zero-order valence-electron chi connectivity index (χ0n) is 8.79. The molecule has 0 spiro atoms. The van der Waals surface area contributed by atoms with Crippen molar-refractivity contribution in [2.45, 2.75) is 38.0 Å². The predicted octanol–water partition coefficient (Wildman–Crippen LogP) is 3.04. The van der Waals surface area contributed by atoms with Crippen molar-refractivity contribution >= 4 is 6.29 Å². The average Bonchev–Trinajstić information content (AvgIpc) is 3.01. The quantitative estimate of drug-likeness (QED) is 0.666. The number of carbonyl (C=O) groups is 1. The molecule has 1 nitrogen and oxygen atoms in total. The lowest BCUT2D eigenvalue weighted by atomic mass is 9.82. The molecule has 1 aliphatic rings. The number of carbonyl (C=O) groups excluding carboxylic acids is 1. The summed E-state index contributed by atoms with van der Waals surface area (Å²) in [6.07, 6.45) is 3.62. The van der Waals surface area contributed by atoms with E-state index < -0.39 is 0 Å². The first-order valence-corrected chi connectivity index (χ1v) is 5.21. The lowest BCUT2D eigenvalue weighted by molar-refractivity contribution is -0.111. The van der Waals surface area contributed by atoms with Gasteiger partial charge in [0, 0.05) is 5.41 Å². The van der Waals surface area contributed by atoms with E-state index in [1.165, 1.54) is 24.0 Å². The molecule has 1 aliphatic carbocycles. The molecule has 1 aromatic rings. The molecular formula is C13H16O. The minimum absolute atomic E-state index is 0.334. The second-order valence-electron chi connectivity index (χ2n) is 4.70. The van der Waals surface area contributed by atoms with E-state index >= 15 is 0 Å². The Morgan fingerprint density at radius 2 is 1.93 bits per heavy atom. The summed E-state index contributed by atoms with van der Waals surface area (Å²) in [5, 5.41) is 0. The van der Waals surface area contributed by atoms with Gasteiger partial charge in [0.1, 0.15) is 6.29 Å². The third kappa shape index (κ3) is 1.59. The van der Waals surface area contributed by atoms with Crippen LogP contribution >= 0.6 is 0 Å². The molecule has 0 aliphatic heterocycles. The molecule has 0 atom stereocenters. The van der Waals surface area contributed by atoms with Gasteiger partial charge in [-0.15, -0.1) is 0 Å². The van der Waals surface area contributed by atoms with E-state index in [1.807, 2.05) is 19.9 Å². The van der Waals surface area contributed by atoms with Crippen molar-refractivity contribution in [3.8, 4) is 0 Å². The Kier molecular flexibility index (Phi) is 2.18. The van der Waals surface area contributed by atoms with Gasteiger partial charge in [0.2, 0.25) is 0 Å². The van der Waals surface area contributed by atoms with Gasteiger partial charge in [-0.2, -0.15) is 0 Å². The minimum Gasteiger partial charge on any atom is -0.302 e. The maximum Gasteiger partial charge on any atom is 0.129 e. The van der Waals surface area contributed by atoms with Crippen LogP contribution in [-0.2, 0) is 10.2 Å². The molecule has 1 aromatic carbocycles. The first kappa shape index (κ1) is 9.45. The highest BCUT2D eigenvalue weighted by Gasteiger charge is 2.30. The van der Waals surface area contributed by atoms with Gasteiger partial charge in [-0.1, -0.05) is 24.3 Å². The molecule has 0 saturated heterocycles. The fourth-order valence-corrected chi connectivity index (χ4v) is 1.90. The molecule has 1 heteroatoms. The second kappa shape index (κ2) is 3.23. The predicted molar refractivity (Wildman–Crippen MR) is 57.5 cm³/mol. The highest BCUT2D eigenvalue weighted by atomic mass is 16.1. The van der Waals surface area contributed by atoms with E-state index in [2.05, 4.69) is 18.2 Å². The third-order valence-electron chi connectivity index (χ3n) is 2.97. The number of rotatable bonds is 3. The summed E-state index contributed by atoms with van der Waals surface area (Å²) < 4.78 is 0. The zero-order chi connectivity index (χ0) is 10.2. The van der Waals surface area contributed by atoms with Crippen molar-refractivity contribution in [3.05, 3.63) is 35.4 Å². The SMILES string of the molecule is CC(C)(C=O)c1ccccc1C1CC1. The fraction of sp³-hybridized carbons (Fsp3) is 0.462. The fourth-order valence-electron chi connectivity index (χ4n) is 1.90. The van der Waals surface area contributed by atoms with E-state index in [0.29, 0.717) is 5.92 Å². The van der Waals surface area contributed by atoms with Gasteiger partial charge >= 0.3 is 0 Å². The molecule has 0 N–H and O–H groups in total. The molecule has 1 fully saturated rings. The Morgan fingerprint density at radius 3 is 2.50 bits per heavy atom. The Balaban J connectivity index is 2.45. The zero-order valence-corrected chi connectivity index (χ0v) is 8.79. The number of aldehydes is 1. The molecule has 0 heterocycles.